The van der Waals surface area contributed by atoms with Crippen LogP contribution in [0.4, 0.5) is 0 Å². The molecule has 0 amide bonds. The van der Waals surface area contributed by atoms with Gasteiger partial charge < -0.3 is 5.32 Å². The minimum Gasteiger partial charge on any atom is -0.310 e. The van der Waals surface area contributed by atoms with E-state index in [0.29, 0.717) is 53.4 Å². The molecule has 1 aliphatic heterocycles. The number of allylic oxidation sites excluding steroid dienone is 3. The first-order valence-electron chi connectivity index (χ1n) is 17.2. The summed E-state index contributed by atoms with van der Waals surface area (Å²) in [6.45, 7) is 21.0. The van der Waals surface area contributed by atoms with Crippen molar-refractivity contribution in [1.82, 2.24) is 15.3 Å². The fourth-order valence-electron chi connectivity index (χ4n) is 11.1. The van der Waals surface area contributed by atoms with Crippen molar-refractivity contribution in [3.05, 3.63) is 74.9 Å². The molecule has 3 heteroatoms. The minimum absolute atomic E-state index is 0.0488. The van der Waals surface area contributed by atoms with Gasteiger partial charge in [0.05, 0.1) is 5.69 Å². The number of rotatable bonds is 2. The molecule has 0 spiro atoms. The van der Waals surface area contributed by atoms with E-state index in [9.17, 15) is 0 Å². The van der Waals surface area contributed by atoms with Gasteiger partial charge in [-0.2, -0.15) is 0 Å². The van der Waals surface area contributed by atoms with Gasteiger partial charge in [-0.1, -0.05) is 86.4 Å². The monoisotopic (exact) mass is 561 g/mol. The molecule has 1 aromatic carbocycles. The Morgan fingerprint density at radius 3 is 2.52 bits per heavy atom. The predicted molar refractivity (Wildman–Crippen MR) is 173 cm³/mol. The Morgan fingerprint density at radius 1 is 0.952 bits per heavy atom. The van der Waals surface area contributed by atoms with Gasteiger partial charge in [0.2, 0.25) is 0 Å². The van der Waals surface area contributed by atoms with Gasteiger partial charge in [-0.15, -0.1) is 0 Å². The van der Waals surface area contributed by atoms with Gasteiger partial charge in [0.25, 0.3) is 0 Å². The fourth-order valence-corrected chi connectivity index (χ4v) is 11.1. The second-order valence-corrected chi connectivity index (χ2v) is 16.6. The lowest BCUT2D eigenvalue weighted by atomic mass is 9.52. The molecular formula is C39H51N3. The zero-order valence-corrected chi connectivity index (χ0v) is 27.2. The Bertz CT molecular complexity index is 1520. The van der Waals surface area contributed by atoms with E-state index < -0.39 is 0 Å². The maximum absolute atomic E-state index is 5.06. The molecule has 7 unspecified atom stereocenters. The molecule has 1 fully saturated rings. The topological polar surface area (TPSA) is 37.8 Å². The van der Waals surface area contributed by atoms with Crippen LogP contribution in [0.2, 0.25) is 0 Å². The summed E-state index contributed by atoms with van der Waals surface area (Å²) in [5, 5.41) is 4.14. The molecular weight excluding hydrogens is 510 g/mol. The summed E-state index contributed by atoms with van der Waals surface area (Å²) in [4.78, 5) is 9.60. The van der Waals surface area contributed by atoms with E-state index in [2.05, 4.69) is 90.1 Å². The largest absolute Gasteiger partial charge is 0.310 e. The van der Waals surface area contributed by atoms with Crippen LogP contribution in [-0.4, -0.2) is 16.5 Å². The summed E-state index contributed by atoms with van der Waals surface area (Å²) in [6, 6.07) is 3.23. The standard InChI is InChI=1S/C39H51N3/c1-20(2)22-14-26-32-24(16-29-34(26)36-28(38(29,5)6)12-10-9-11-13-41-36)23(21(3)4)15-27-33(32)25(22)17-30-35(27)37-31(39(30,7)8)18-40-19-42-37/h14,16-21,23,27-28,30,33,35-36,41H,9-13,15H2,1-8H3. The van der Waals surface area contributed by atoms with Crippen LogP contribution in [0.15, 0.2) is 35.8 Å². The lowest BCUT2D eigenvalue weighted by molar-refractivity contribution is 0.204. The van der Waals surface area contributed by atoms with E-state index in [1.165, 1.54) is 43.4 Å². The van der Waals surface area contributed by atoms with E-state index in [4.69, 9.17) is 4.98 Å². The second-order valence-electron chi connectivity index (χ2n) is 16.6. The van der Waals surface area contributed by atoms with Crippen LogP contribution >= 0.6 is 0 Å². The number of hydrogen-bond acceptors (Lipinski definition) is 3. The Hall–Kier alpha value is -2.26. The van der Waals surface area contributed by atoms with Crippen LogP contribution in [0.3, 0.4) is 0 Å². The first-order chi connectivity index (χ1) is 20.0. The molecule has 0 saturated carbocycles. The highest BCUT2D eigenvalue weighted by molar-refractivity contribution is 5.77. The Kier molecular flexibility index (Phi) is 5.93. The molecule has 8 rings (SSSR count). The van der Waals surface area contributed by atoms with Gasteiger partial charge in [0, 0.05) is 24.1 Å². The molecule has 5 aliphatic carbocycles. The molecule has 0 radical (unpaired) electrons. The molecule has 42 heavy (non-hydrogen) atoms. The quantitative estimate of drug-likeness (QED) is 0.397. The Balaban J connectivity index is 1.43. The Morgan fingerprint density at radius 2 is 1.76 bits per heavy atom. The second kappa shape index (κ2) is 9.13. The summed E-state index contributed by atoms with van der Waals surface area (Å²) < 4.78 is 0. The van der Waals surface area contributed by atoms with Crippen molar-refractivity contribution < 1.29 is 0 Å². The summed E-state index contributed by atoms with van der Waals surface area (Å²) >= 11 is 0. The molecule has 7 atom stereocenters. The van der Waals surface area contributed by atoms with Gasteiger partial charge in [0.15, 0.2) is 0 Å². The number of hydrogen-bond donors (Lipinski definition) is 1. The minimum atomic E-state index is 0.0488. The van der Waals surface area contributed by atoms with Crippen LogP contribution in [0.25, 0.3) is 6.08 Å². The van der Waals surface area contributed by atoms with Crippen LogP contribution in [0, 0.1) is 29.6 Å². The average molecular weight is 562 g/mol. The summed E-state index contributed by atoms with van der Waals surface area (Å²) in [5.41, 5.74) is 14.6. The fraction of sp³-hybridized carbons (Fsp3) is 0.641. The highest BCUT2D eigenvalue weighted by atomic mass is 14.9. The van der Waals surface area contributed by atoms with E-state index in [1.807, 2.05) is 6.33 Å². The third-order valence-electron chi connectivity index (χ3n) is 13.2. The number of nitrogens with one attached hydrogen (secondary N) is 1. The molecule has 0 bridgehead atoms. The average Bonchev–Trinajstić information content (AvgIpc) is 3.28. The first kappa shape index (κ1) is 27.3. The molecule has 222 valence electrons. The van der Waals surface area contributed by atoms with Crippen molar-refractivity contribution in [3.8, 4) is 0 Å². The van der Waals surface area contributed by atoms with E-state index >= 15 is 0 Å². The molecule has 2 aromatic rings. The van der Waals surface area contributed by atoms with E-state index in [-0.39, 0.29) is 10.8 Å². The van der Waals surface area contributed by atoms with Crippen molar-refractivity contribution in [2.75, 3.05) is 6.54 Å². The lowest BCUT2D eigenvalue weighted by Gasteiger charge is -2.52. The lowest BCUT2D eigenvalue weighted by Crippen LogP contribution is -2.41. The van der Waals surface area contributed by atoms with Crippen molar-refractivity contribution in [3.63, 3.8) is 0 Å². The number of nitrogens with zero attached hydrogens (tertiary/aromatic N) is 2. The van der Waals surface area contributed by atoms with Crippen LogP contribution in [-0.2, 0) is 10.8 Å². The van der Waals surface area contributed by atoms with E-state index in [1.54, 1.807) is 39.0 Å². The van der Waals surface area contributed by atoms with Gasteiger partial charge in [-0.05, 0) is 117 Å². The number of fused-ring (bicyclic) bond motifs is 8. The zero-order valence-electron chi connectivity index (χ0n) is 27.2. The van der Waals surface area contributed by atoms with Gasteiger partial charge in [0.1, 0.15) is 6.33 Å². The molecule has 6 aliphatic rings. The van der Waals surface area contributed by atoms with Crippen molar-refractivity contribution in [2.24, 2.45) is 29.6 Å². The van der Waals surface area contributed by atoms with Crippen LogP contribution < -0.4 is 5.32 Å². The van der Waals surface area contributed by atoms with E-state index in [0.717, 1.165) is 6.54 Å². The number of aromatic nitrogens is 2. The number of benzene rings is 1. The molecule has 3 nitrogen and oxygen atoms in total. The summed E-state index contributed by atoms with van der Waals surface area (Å²) in [6.07, 6.45) is 16.0. The molecule has 1 aromatic heterocycles. The smallest absolute Gasteiger partial charge is 0.115 e. The van der Waals surface area contributed by atoms with Crippen LogP contribution in [0.5, 0.6) is 0 Å². The molecule has 2 heterocycles. The maximum atomic E-state index is 5.06. The SMILES string of the molecule is CC(C)C1=Cc2c3c(cc4c2C2C1=CC1C(c5ncncc5C1(C)C)C2CC4C(C)C)C(C)(C)C1CCCCCNC31. The third-order valence-corrected chi connectivity index (χ3v) is 13.2. The molecule has 1 saturated heterocycles. The first-order valence-corrected chi connectivity index (χ1v) is 17.2. The van der Waals surface area contributed by atoms with Crippen molar-refractivity contribution in [1.29, 1.82) is 0 Å². The summed E-state index contributed by atoms with van der Waals surface area (Å²) in [5.74, 6) is 4.39. The summed E-state index contributed by atoms with van der Waals surface area (Å²) in [7, 11) is 0. The van der Waals surface area contributed by atoms with Crippen molar-refractivity contribution in [2.45, 2.75) is 122 Å². The van der Waals surface area contributed by atoms with Crippen LogP contribution in [0.1, 0.15) is 150 Å². The Labute approximate surface area is 254 Å². The molecule has 1 N–H and O–H groups in total. The highest BCUT2D eigenvalue weighted by Gasteiger charge is 2.58. The van der Waals surface area contributed by atoms with Crippen molar-refractivity contribution >= 4 is 6.08 Å². The zero-order chi connectivity index (χ0) is 29.3. The third kappa shape index (κ3) is 3.44. The predicted octanol–water partition coefficient (Wildman–Crippen LogP) is 9.12. The van der Waals surface area contributed by atoms with Gasteiger partial charge in [-0.25, -0.2) is 9.97 Å². The maximum Gasteiger partial charge on any atom is 0.115 e. The highest BCUT2D eigenvalue weighted by Crippen LogP contribution is 2.68. The normalized spacial score (nSPS) is 34.9. The van der Waals surface area contributed by atoms with Gasteiger partial charge in [-0.3, -0.25) is 0 Å². The van der Waals surface area contributed by atoms with Gasteiger partial charge >= 0.3 is 0 Å².